The molecule has 0 saturated carbocycles. The molecule has 2 aromatic heterocycles. The minimum atomic E-state index is -4.46. The third kappa shape index (κ3) is 5.95. The summed E-state index contributed by atoms with van der Waals surface area (Å²) in [6.45, 7) is 6.56. The summed E-state index contributed by atoms with van der Waals surface area (Å²) in [5.41, 5.74) is 7.41. The number of nitrogens with one attached hydrogen (secondary N) is 2. The van der Waals surface area contributed by atoms with Crippen molar-refractivity contribution >= 4 is 28.4 Å². The number of piperazine rings is 1. The number of hydrogen-bond acceptors (Lipinski definition) is 7. The van der Waals surface area contributed by atoms with Crippen molar-refractivity contribution < 1.29 is 17.9 Å². The summed E-state index contributed by atoms with van der Waals surface area (Å²) in [7, 11) is 0. The van der Waals surface area contributed by atoms with E-state index in [0.717, 1.165) is 38.8 Å². The number of anilines is 3. The molecule has 194 valence electrons. The van der Waals surface area contributed by atoms with Crippen LogP contribution in [0, 0.1) is 0 Å². The predicted octanol–water partition coefficient (Wildman–Crippen LogP) is 5.23. The molecule has 3 heterocycles. The van der Waals surface area contributed by atoms with Crippen molar-refractivity contribution in [2.24, 2.45) is 0 Å². The lowest BCUT2D eigenvalue weighted by atomic mass is 10.0. The van der Waals surface area contributed by atoms with Crippen LogP contribution in [-0.2, 0) is 12.7 Å². The highest BCUT2D eigenvalue weighted by Gasteiger charge is 2.34. The van der Waals surface area contributed by atoms with Crippen molar-refractivity contribution in [1.29, 1.82) is 0 Å². The first-order valence-electron chi connectivity index (χ1n) is 12.1. The van der Waals surface area contributed by atoms with Crippen LogP contribution >= 0.6 is 0 Å². The second-order valence-electron chi connectivity index (χ2n) is 9.00. The summed E-state index contributed by atoms with van der Waals surface area (Å²) >= 11 is 0. The van der Waals surface area contributed by atoms with Crippen LogP contribution in [0.4, 0.5) is 30.5 Å². The topological polar surface area (TPSA) is 95.3 Å². The van der Waals surface area contributed by atoms with Gasteiger partial charge in [0.15, 0.2) is 0 Å². The van der Waals surface area contributed by atoms with Gasteiger partial charge in [-0.15, -0.1) is 0 Å². The maximum absolute atomic E-state index is 13.9. The number of likely N-dealkylation sites (N-methyl/N-ethyl adjacent to an activating group) is 1. The van der Waals surface area contributed by atoms with Gasteiger partial charge in [0.2, 0.25) is 11.8 Å². The largest absolute Gasteiger partial charge is 0.439 e. The minimum absolute atomic E-state index is 0.267. The molecule has 2 aromatic carbocycles. The summed E-state index contributed by atoms with van der Waals surface area (Å²) in [6, 6.07) is 12.9. The Labute approximate surface area is 212 Å². The number of benzene rings is 2. The second-order valence-corrected chi connectivity index (χ2v) is 9.00. The molecule has 0 amide bonds. The fraction of sp³-hybridized carbons (Fsp3) is 0.308. The number of hydrogen-bond donors (Lipinski definition) is 3. The highest BCUT2D eigenvalue weighted by atomic mass is 19.4. The molecule has 5 rings (SSSR count). The zero-order valence-electron chi connectivity index (χ0n) is 20.3. The summed E-state index contributed by atoms with van der Waals surface area (Å²) < 4.78 is 47.6. The Bertz CT molecular complexity index is 1360. The third-order valence-corrected chi connectivity index (χ3v) is 6.42. The standard InChI is InChI=1S/C26H28F3N7O/c1-2-35-9-11-36(12-10-35)16-17-3-5-19(13-21(17)26(27,28)29)32-25-33-22-7-6-20(14-23(22)34-25)37-24-8-4-18(30)15-31-24/h3-8,13-15H,2,9-12,16,30H2,1H3,(H2,32,33,34). The summed E-state index contributed by atoms with van der Waals surface area (Å²) in [5, 5.41) is 2.97. The molecule has 0 radical (unpaired) electrons. The van der Waals surface area contributed by atoms with Crippen molar-refractivity contribution in [2.45, 2.75) is 19.6 Å². The highest BCUT2D eigenvalue weighted by Crippen LogP contribution is 2.35. The lowest BCUT2D eigenvalue weighted by molar-refractivity contribution is -0.138. The van der Waals surface area contributed by atoms with E-state index in [1.54, 1.807) is 42.5 Å². The molecule has 0 bridgehead atoms. The van der Waals surface area contributed by atoms with E-state index in [1.807, 2.05) is 0 Å². The van der Waals surface area contributed by atoms with Crippen LogP contribution in [0.1, 0.15) is 18.1 Å². The van der Waals surface area contributed by atoms with E-state index in [1.165, 1.54) is 6.20 Å². The predicted molar refractivity (Wildman–Crippen MR) is 137 cm³/mol. The lowest BCUT2D eigenvalue weighted by Crippen LogP contribution is -2.45. The zero-order chi connectivity index (χ0) is 26.0. The van der Waals surface area contributed by atoms with Crippen molar-refractivity contribution in [2.75, 3.05) is 43.8 Å². The molecular weight excluding hydrogens is 483 g/mol. The van der Waals surface area contributed by atoms with E-state index in [9.17, 15) is 13.2 Å². The highest BCUT2D eigenvalue weighted by molar-refractivity contribution is 5.80. The van der Waals surface area contributed by atoms with Crippen molar-refractivity contribution in [3.05, 3.63) is 65.9 Å². The first kappa shape index (κ1) is 24.8. The fourth-order valence-electron chi connectivity index (χ4n) is 4.38. The van der Waals surface area contributed by atoms with Gasteiger partial charge < -0.3 is 25.7 Å². The molecule has 4 aromatic rings. The zero-order valence-corrected chi connectivity index (χ0v) is 20.3. The quantitative estimate of drug-likeness (QED) is 0.313. The number of imidazole rings is 1. The smallest absolute Gasteiger partial charge is 0.416 e. The third-order valence-electron chi connectivity index (χ3n) is 6.42. The van der Waals surface area contributed by atoms with Gasteiger partial charge in [-0.1, -0.05) is 13.0 Å². The lowest BCUT2D eigenvalue weighted by Gasteiger charge is -2.34. The number of nitrogens with zero attached hydrogens (tertiary/aromatic N) is 4. The summed E-state index contributed by atoms with van der Waals surface area (Å²) in [5.74, 6) is 1.25. The molecule has 37 heavy (non-hydrogen) atoms. The van der Waals surface area contributed by atoms with Crippen LogP contribution in [0.25, 0.3) is 11.0 Å². The van der Waals surface area contributed by atoms with Gasteiger partial charge >= 0.3 is 6.18 Å². The number of ether oxygens (including phenoxy) is 1. The van der Waals surface area contributed by atoms with E-state index in [-0.39, 0.29) is 12.1 Å². The van der Waals surface area contributed by atoms with E-state index < -0.39 is 11.7 Å². The monoisotopic (exact) mass is 511 g/mol. The summed E-state index contributed by atoms with van der Waals surface area (Å²) in [6.07, 6.45) is -2.96. The SMILES string of the molecule is CCN1CCN(Cc2ccc(Nc3nc4ccc(Oc5ccc(N)cn5)cc4[nH]3)cc2C(F)(F)F)CC1. The number of nitrogen functional groups attached to an aromatic ring is 1. The number of fused-ring (bicyclic) bond motifs is 1. The average molecular weight is 512 g/mol. The molecule has 1 fully saturated rings. The molecule has 0 unspecified atom stereocenters. The summed E-state index contributed by atoms with van der Waals surface area (Å²) in [4.78, 5) is 16.0. The molecule has 11 heteroatoms. The first-order valence-corrected chi connectivity index (χ1v) is 12.1. The van der Waals surface area contributed by atoms with Crippen LogP contribution in [0.3, 0.4) is 0 Å². The number of pyridine rings is 1. The number of halogens is 3. The molecule has 1 saturated heterocycles. The Hall–Kier alpha value is -3.83. The van der Waals surface area contributed by atoms with Gasteiger partial charge in [-0.05, 0) is 42.4 Å². The molecule has 0 atom stereocenters. The van der Waals surface area contributed by atoms with E-state index in [2.05, 4.69) is 37.0 Å². The maximum atomic E-state index is 13.9. The van der Waals surface area contributed by atoms with Crippen LogP contribution in [0.2, 0.25) is 0 Å². The van der Waals surface area contributed by atoms with Crippen molar-refractivity contribution in [3.8, 4) is 11.6 Å². The Balaban J connectivity index is 1.32. The van der Waals surface area contributed by atoms with Gasteiger partial charge in [-0.2, -0.15) is 13.2 Å². The van der Waals surface area contributed by atoms with Crippen molar-refractivity contribution in [1.82, 2.24) is 24.8 Å². The van der Waals surface area contributed by atoms with Gasteiger partial charge in [-0.25, -0.2) is 9.97 Å². The van der Waals surface area contributed by atoms with E-state index in [0.29, 0.717) is 40.0 Å². The van der Waals surface area contributed by atoms with Gasteiger partial charge in [0, 0.05) is 50.5 Å². The van der Waals surface area contributed by atoms with Crippen LogP contribution < -0.4 is 15.8 Å². The number of nitrogens with two attached hydrogens (primary N) is 1. The number of rotatable bonds is 7. The Morgan fingerprint density at radius 2 is 1.81 bits per heavy atom. The number of aromatic nitrogens is 3. The first-order chi connectivity index (χ1) is 17.8. The molecule has 0 aliphatic carbocycles. The molecular formula is C26H28F3N7O. The van der Waals surface area contributed by atoms with Crippen LogP contribution in [-0.4, -0.2) is 57.5 Å². The minimum Gasteiger partial charge on any atom is -0.439 e. The van der Waals surface area contributed by atoms with E-state index >= 15 is 0 Å². The van der Waals surface area contributed by atoms with Crippen LogP contribution in [0.5, 0.6) is 11.6 Å². The average Bonchev–Trinajstić information content (AvgIpc) is 3.27. The van der Waals surface area contributed by atoms with E-state index in [4.69, 9.17) is 10.5 Å². The van der Waals surface area contributed by atoms with Gasteiger partial charge in [0.25, 0.3) is 0 Å². The second kappa shape index (κ2) is 10.3. The van der Waals surface area contributed by atoms with Crippen molar-refractivity contribution in [3.63, 3.8) is 0 Å². The number of alkyl halides is 3. The Morgan fingerprint density at radius 1 is 1.03 bits per heavy atom. The van der Waals surface area contributed by atoms with Crippen LogP contribution in [0.15, 0.2) is 54.7 Å². The molecule has 4 N–H and O–H groups in total. The Kier molecular flexibility index (Phi) is 6.90. The number of H-pyrrole nitrogens is 1. The fourth-order valence-corrected chi connectivity index (χ4v) is 4.38. The molecule has 8 nitrogen and oxygen atoms in total. The Morgan fingerprint density at radius 3 is 2.51 bits per heavy atom. The van der Waals surface area contributed by atoms with Gasteiger partial charge in [0.1, 0.15) is 5.75 Å². The normalized spacial score (nSPS) is 15.2. The molecule has 1 aliphatic rings. The van der Waals surface area contributed by atoms with Gasteiger partial charge in [-0.3, -0.25) is 4.90 Å². The molecule has 1 aliphatic heterocycles. The maximum Gasteiger partial charge on any atom is 0.416 e. The molecule has 0 spiro atoms. The van der Waals surface area contributed by atoms with Gasteiger partial charge in [0.05, 0.1) is 28.5 Å². The number of aromatic amines is 1.